The van der Waals surface area contributed by atoms with E-state index in [-0.39, 0.29) is 40.3 Å². The minimum atomic E-state index is -4.44. The monoisotopic (exact) mass is 407 g/mol. The highest BCUT2D eigenvalue weighted by Gasteiger charge is 2.30. The van der Waals surface area contributed by atoms with Gasteiger partial charge in [-0.15, -0.1) is 0 Å². The number of halogens is 5. The van der Waals surface area contributed by atoms with E-state index in [0.717, 1.165) is 24.3 Å². The first-order chi connectivity index (χ1) is 12.2. The Morgan fingerprint density at radius 1 is 1.12 bits per heavy atom. The number of aromatic hydroxyl groups is 1. The lowest BCUT2D eigenvalue weighted by Gasteiger charge is -2.11. The number of hydrogen-bond donors (Lipinski definition) is 2. The summed E-state index contributed by atoms with van der Waals surface area (Å²) in [5.74, 6) is -0.351. The summed E-state index contributed by atoms with van der Waals surface area (Å²) in [6, 6.07) is 6.51. The first-order valence-electron chi connectivity index (χ1n) is 7.45. The normalized spacial score (nSPS) is 11.3. The summed E-state index contributed by atoms with van der Waals surface area (Å²) in [6.07, 6.45) is -4.02. The van der Waals surface area contributed by atoms with Crippen LogP contribution in [-0.2, 0) is 6.18 Å². The number of phenols is 1. The van der Waals surface area contributed by atoms with Crippen molar-refractivity contribution < 1.29 is 27.8 Å². The Morgan fingerprint density at radius 2 is 1.69 bits per heavy atom. The molecule has 0 radical (unpaired) electrons. The summed E-state index contributed by atoms with van der Waals surface area (Å²) in [5, 5.41) is 12.2. The van der Waals surface area contributed by atoms with Gasteiger partial charge in [0, 0.05) is 24.2 Å². The van der Waals surface area contributed by atoms with E-state index < -0.39 is 17.6 Å². The maximum Gasteiger partial charge on any atom is 0.416 e. The fourth-order valence-corrected chi connectivity index (χ4v) is 2.63. The van der Waals surface area contributed by atoms with Gasteiger partial charge in [0.15, 0.2) is 5.75 Å². The molecule has 0 spiro atoms. The van der Waals surface area contributed by atoms with Crippen LogP contribution in [0, 0.1) is 0 Å². The van der Waals surface area contributed by atoms with Crippen LogP contribution < -0.4 is 10.1 Å². The lowest BCUT2D eigenvalue weighted by molar-refractivity contribution is -0.137. The molecule has 0 saturated carbocycles. The number of benzene rings is 2. The zero-order valence-electron chi connectivity index (χ0n) is 13.2. The third-order valence-electron chi connectivity index (χ3n) is 3.31. The Kier molecular flexibility index (Phi) is 6.61. The van der Waals surface area contributed by atoms with Gasteiger partial charge in [-0.1, -0.05) is 23.2 Å². The van der Waals surface area contributed by atoms with Gasteiger partial charge in [-0.3, -0.25) is 4.79 Å². The number of rotatable bonds is 6. The predicted molar refractivity (Wildman–Crippen MR) is 92.0 cm³/mol. The van der Waals surface area contributed by atoms with Crippen LogP contribution in [0.15, 0.2) is 36.4 Å². The topological polar surface area (TPSA) is 58.6 Å². The first-order valence-corrected chi connectivity index (χ1v) is 8.20. The Balaban J connectivity index is 1.79. The second-order valence-electron chi connectivity index (χ2n) is 5.27. The lowest BCUT2D eigenvalue weighted by Crippen LogP contribution is -2.25. The molecule has 0 aromatic heterocycles. The number of phenolic OH excluding ortho intramolecular Hbond substituents is 1. The molecular weight excluding hydrogens is 394 g/mol. The number of nitrogens with one attached hydrogen (secondary N) is 1. The van der Waals surface area contributed by atoms with Crippen molar-refractivity contribution in [2.45, 2.75) is 12.6 Å². The Bertz CT molecular complexity index is 757. The molecule has 0 aliphatic rings. The zero-order chi connectivity index (χ0) is 19.3. The summed E-state index contributed by atoms with van der Waals surface area (Å²) in [5.41, 5.74) is -0.686. The molecule has 0 saturated heterocycles. The molecule has 0 unspecified atom stereocenters. The summed E-state index contributed by atoms with van der Waals surface area (Å²) in [7, 11) is 0. The van der Waals surface area contributed by atoms with Gasteiger partial charge in [0.25, 0.3) is 5.91 Å². The van der Waals surface area contributed by atoms with Crippen molar-refractivity contribution in [3.63, 3.8) is 0 Å². The fourth-order valence-electron chi connectivity index (χ4n) is 2.05. The molecule has 1 amide bonds. The molecule has 2 aromatic rings. The van der Waals surface area contributed by atoms with E-state index >= 15 is 0 Å². The van der Waals surface area contributed by atoms with Gasteiger partial charge in [0.05, 0.1) is 22.2 Å². The molecule has 0 bridgehead atoms. The van der Waals surface area contributed by atoms with Crippen LogP contribution >= 0.6 is 23.2 Å². The highest BCUT2D eigenvalue weighted by Crippen LogP contribution is 2.36. The number of alkyl halides is 3. The van der Waals surface area contributed by atoms with Crippen LogP contribution in [0.4, 0.5) is 13.2 Å². The van der Waals surface area contributed by atoms with Crippen molar-refractivity contribution in [3.05, 3.63) is 57.6 Å². The molecule has 4 nitrogen and oxygen atoms in total. The summed E-state index contributed by atoms with van der Waals surface area (Å²) < 4.78 is 42.9. The summed E-state index contributed by atoms with van der Waals surface area (Å²) in [6.45, 7) is 0.435. The molecule has 9 heteroatoms. The maximum absolute atomic E-state index is 12.5. The molecule has 26 heavy (non-hydrogen) atoms. The summed E-state index contributed by atoms with van der Waals surface area (Å²) >= 11 is 11.8. The van der Waals surface area contributed by atoms with E-state index in [1.54, 1.807) is 0 Å². The minimum Gasteiger partial charge on any atom is -0.508 e. The van der Waals surface area contributed by atoms with Gasteiger partial charge in [-0.25, -0.2) is 0 Å². The second kappa shape index (κ2) is 8.51. The van der Waals surface area contributed by atoms with Gasteiger partial charge in [0.2, 0.25) is 0 Å². The number of carbonyl (C=O) groups excluding carboxylic acids is 1. The van der Waals surface area contributed by atoms with Crippen molar-refractivity contribution in [1.82, 2.24) is 5.32 Å². The van der Waals surface area contributed by atoms with Gasteiger partial charge >= 0.3 is 6.18 Å². The second-order valence-corrected chi connectivity index (χ2v) is 6.09. The van der Waals surface area contributed by atoms with Crippen molar-refractivity contribution in [2.24, 2.45) is 0 Å². The number of carbonyl (C=O) groups is 1. The molecule has 0 fully saturated rings. The quantitative estimate of drug-likeness (QED) is 0.668. The smallest absolute Gasteiger partial charge is 0.416 e. The molecule has 0 aliphatic carbocycles. The zero-order valence-corrected chi connectivity index (χ0v) is 14.8. The van der Waals surface area contributed by atoms with Gasteiger partial charge in [0.1, 0.15) is 5.75 Å². The Labute approximate surface area is 157 Å². The van der Waals surface area contributed by atoms with E-state index in [9.17, 15) is 23.1 Å². The summed E-state index contributed by atoms with van der Waals surface area (Å²) in [4.78, 5) is 11.9. The molecule has 0 atom stereocenters. The van der Waals surface area contributed by atoms with Crippen molar-refractivity contribution >= 4 is 29.1 Å². The third kappa shape index (κ3) is 5.44. The van der Waals surface area contributed by atoms with Gasteiger partial charge < -0.3 is 15.2 Å². The van der Waals surface area contributed by atoms with Gasteiger partial charge in [-0.05, 0) is 30.7 Å². The van der Waals surface area contributed by atoms with Crippen LogP contribution in [-0.4, -0.2) is 24.2 Å². The van der Waals surface area contributed by atoms with E-state index in [1.165, 1.54) is 12.1 Å². The van der Waals surface area contributed by atoms with Crippen molar-refractivity contribution in [1.29, 1.82) is 0 Å². The van der Waals surface area contributed by atoms with E-state index in [2.05, 4.69) is 5.32 Å². The van der Waals surface area contributed by atoms with Crippen molar-refractivity contribution in [3.8, 4) is 11.5 Å². The highest BCUT2D eigenvalue weighted by molar-refractivity contribution is 6.37. The molecular formula is C17H14Cl2F3NO3. The van der Waals surface area contributed by atoms with E-state index in [4.69, 9.17) is 27.9 Å². The molecule has 0 aliphatic heterocycles. The molecule has 0 heterocycles. The van der Waals surface area contributed by atoms with Crippen LogP contribution in [0.2, 0.25) is 10.0 Å². The van der Waals surface area contributed by atoms with Gasteiger partial charge in [-0.2, -0.15) is 13.2 Å². The predicted octanol–water partition coefficient (Wildman–Crippen LogP) is 4.92. The Morgan fingerprint density at radius 3 is 2.23 bits per heavy atom. The first kappa shape index (κ1) is 20.2. The minimum absolute atomic E-state index is 0.0869. The molecule has 2 rings (SSSR count). The number of ether oxygens (including phenoxy) is 1. The Hall–Kier alpha value is -2.12. The van der Waals surface area contributed by atoms with E-state index in [0.29, 0.717) is 6.42 Å². The SMILES string of the molecule is O=C(NCCCOc1c(Cl)cc(O)cc1Cl)c1ccc(C(F)(F)F)cc1. The van der Waals surface area contributed by atoms with Crippen LogP contribution in [0.1, 0.15) is 22.3 Å². The third-order valence-corrected chi connectivity index (χ3v) is 3.87. The average Bonchev–Trinajstić information content (AvgIpc) is 2.55. The lowest BCUT2D eigenvalue weighted by atomic mass is 10.1. The highest BCUT2D eigenvalue weighted by atomic mass is 35.5. The van der Waals surface area contributed by atoms with Crippen LogP contribution in [0.3, 0.4) is 0 Å². The standard InChI is InChI=1S/C17H14Cl2F3NO3/c18-13-8-12(24)9-14(19)15(13)26-7-1-6-23-16(25)10-2-4-11(5-3-10)17(20,21)22/h2-5,8-9,24H,1,6-7H2,(H,23,25). The van der Waals surface area contributed by atoms with E-state index in [1.807, 2.05) is 0 Å². The van der Waals surface area contributed by atoms with Crippen molar-refractivity contribution in [2.75, 3.05) is 13.2 Å². The molecule has 2 aromatic carbocycles. The number of hydrogen-bond acceptors (Lipinski definition) is 3. The fraction of sp³-hybridized carbons (Fsp3) is 0.235. The average molecular weight is 408 g/mol. The molecule has 2 N–H and O–H groups in total. The molecule has 140 valence electrons. The number of amides is 1. The van der Waals surface area contributed by atoms with Crippen LogP contribution in [0.5, 0.6) is 11.5 Å². The largest absolute Gasteiger partial charge is 0.508 e. The van der Waals surface area contributed by atoms with Crippen LogP contribution in [0.25, 0.3) is 0 Å². The maximum atomic E-state index is 12.5.